The zero-order valence-corrected chi connectivity index (χ0v) is 15.7. The molecule has 0 atom stereocenters. The molecule has 8 nitrogen and oxygen atoms in total. The zero-order valence-electron chi connectivity index (χ0n) is 15.7. The number of rotatable bonds is 20. The highest BCUT2D eigenvalue weighted by molar-refractivity contribution is 4.66. The Balaban J connectivity index is 3.32. The van der Waals surface area contributed by atoms with Gasteiger partial charge in [-0.05, 0) is 0 Å². The fraction of sp³-hybridized carbons (Fsp3) is 1.00. The van der Waals surface area contributed by atoms with E-state index in [4.69, 9.17) is 38.6 Å². The van der Waals surface area contributed by atoms with E-state index in [0.717, 1.165) is 0 Å². The van der Waals surface area contributed by atoms with E-state index < -0.39 is 0 Å². The molecule has 0 fully saturated rings. The van der Waals surface area contributed by atoms with E-state index >= 15 is 0 Å². The molecule has 0 aliphatic rings. The first-order valence-electron chi connectivity index (χ1n) is 8.80. The SMILES string of the molecule is CC(C)(COCCOCCOCCO)COCCOCCOCCO. The van der Waals surface area contributed by atoms with Crippen LogP contribution in [0.3, 0.4) is 0 Å². The predicted molar refractivity (Wildman–Crippen MR) is 92.9 cm³/mol. The summed E-state index contributed by atoms with van der Waals surface area (Å²) in [6.07, 6.45) is 0. The molecule has 0 saturated carbocycles. The Labute approximate surface area is 151 Å². The van der Waals surface area contributed by atoms with Crippen molar-refractivity contribution in [2.24, 2.45) is 5.41 Å². The minimum Gasteiger partial charge on any atom is -0.394 e. The quantitative estimate of drug-likeness (QED) is 0.292. The van der Waals surface area contributed by atoms with Gasteiger partial charge in [-0.2, -0.15) is 0 Å². The Hall–Kier alpha value is -0.320. The summed E-state index contributed by atoms with van der Waals surface area (Å²) in [5.41, 5.74) is -0.0749. The second-order valence-corrected chi connectivity index (χ2v) is 6.17. The average molecular weight is 368 g/mol. The van der Waals surface area contributed by atoms with E-state index in [1.165, 1.54) is 0 Å². The van der Waals surface area contributed by atoms with Crippen LogP contribution in [0.4, 0.5) is 0 Å². The lowest BCUT2D eigenvalue weighted by Gasteiger charge is -2.24. The maximum absolute atomic E-state index is 8.54. The summed E-state index contributed by atoms with van der Waals surface area (Å²) in [4.78, 5) is 0. The minimum atomic E-state index is -0.0749. The maximum Gasteiger partial charge on any atom is 0.0701 e. The molecule has 0 spiro atoms. The Bertz CT molecular complexity index is 239. The van der Waals surface area contributed by atoms with E-state index in [1.54, 1.807) is 0 Å². The second-order valence-electron chi connectivity index (χ2n) is 6.17. The minimum absolute atomic E-state index is 0.0332. The van der Waals surface area contributed by atoms with Crippen LogP contribution in [-0.4, -0.2) is 103 Å². The topological polar surface area (TPSA) is 95.8 Å². The third kappa shape index (κ3) is 19.8. The highest BCUT2D eigenvalue weighted by Crippen LogP contribution is 2.15. The molecule has 0 rings (SSSR count). The summed E-state index contributed by atoms with van der Waals surface area (Å²) in [6, 6.07) is 0. The summed E-state index contributed by atoms with van der Waals surface area (Å²) in [6.45, 7) is 10.2. The Morgan fingerprint density at radius 1 is 0.480 bits per heavy atom. The van der Waals surface area contributed by atoms with E-state index in [2.05, 4.69) is 13.8 Å². The van der Waals surface area contributed by atoms with Crippen LogP contribution in [0, 0.1) is 5.41 Å². The van der Waals surface area contributed by atoms with Crippen molar-refractivity contribution in [2.45, 2.75) is 13.8 Å². The summed E-state index contributed by atoms with van der Waals surface area (Å²) in [5.74, 6) is 0. The molecule has 8 heteroatoms. The van der Waals surface area contributed by atoms with Gasteiger partial charge in [0, 0.05) is 5.41 Å². The van der Waals surface area contributed by atoms with Crippen LogP contribution in [0.2, 0.25) is 0 Å². The second kappa shape index (κ2) is 18.5. The van der Waals surface area contributed by atoms with Gasteiger partial charge in [-0.25, -0.2) is 0 Å². The fourth-order valence-corrected chi connectivity index (χ4v) is 1.75. The molecule has 0 aromatic rings. The van der Waals surface area contributed by atoms with E-state index in [-0.39, 0.29) is 18.6 Å². The molecule has 0 amide bonds. The van der Waals surface area contributed by atoms with Crippen LogP contribution < -0.4 is 0 Å². The van der Waals surface area contributed by atoms with Crippen molar-refractivity contribution >= 4 is 0 Å². The highest BCUT2D eigenvalue weighted by atomic mass is 16.6. The van der Waals surface area contributed by atoms with E-state index in [9.17, 15) is 0 Å². The van der Waals surface area contributed by atoms with Crippen LogP contribution in [0.5, 0.6) is 0 Å². The van der Waals surface area contributed by atoms with Crippen LogP contribution in [0.1, 0.15) is 13.8 Å². The predicted octanol–water partition coefficient (Wildman–Crippen LogP) is 0.0968. The lowest BCUT2D eigenvalue weighted by atomic mass is 9.96. The molecule has 0 bridgehead atoms. The van der Waals surface area contributed by atoms with Gasteiger partial charge < -0.3 is 38.6 Å². The van der Waals surface area contributed by atoms with Crippen LogP contribution in [0.25, 0.3) is 0 Å². The van der Waals surface area contributed by atoms with E-state index in [0.29, 0.717) is 79.3 Å². The molecule has 0 aliphatic carbocycles. The Kier molecular flexibility index (Phi) is 18.2. The largest absolute Gasteiger partial charge is 0.394 e. The summed E-state index contributed by atoms with van der Waals surface area (Å²) in [5, 5.41) is 17.1. The number of hydrogen-bond acceptors (Lipinski definition) is 8. The summed E-state index contributed by atoms with van der Waals surface area (Å²) in [7, 11) is 0. The van der Waals surface area contributed by atoms with Crippen LogP contribution >= 0.6 is 0 Å². The molecule has 0 aliphatic heterocycles. The van der Waals surface area contributed by atoms with Crippen molar-refractivity contribution < 1.29 is 38.6 Å². The van der Waals surface area contributed by atoms with Crippen molar-refractivity contribution in [2.75, 3.05) is 92.5 Å². The first kappa shape index (κ1) is 24.7. The number of aliphatic hydroxyl groups excluding tert-OH is 2. The van der Waals surface area contributed by atoms with Crippen molar-refractivity contribution in [3.8, 4) is 0 Å². The molecule has 0 radical (unpaired) electrons. The number of ether oxygens (including phenoxy) is 6. The molecular weight excluding hydrogens is 332 g/mol. The van der Waals surface area contributed by atoms with Crippen molar-refractivity contribution in [3.05, 3.63) is 0 Å². The molecule has 25 heavy (non-hydrogen) atoms. The van der Waals surface area contributed by atoms with Crippen molar-refractivity contribution in [3.63, 3.8) is 0 Å². The highest BCUT2D eigenvalue weighted by Gasteiger charge is 2.18. The van der Waals surface area contributed by atoms with Crippen LogP contribution in [0.15, 0.2) is 0 Å². The van der Waals surface area contributed by atoms with Gasteiger partial charge in [0.05, 0.1) is 92.5 Å². The monoisotopic (exact) mass is 368 g/mol. The normalized spacial score (nSPS) is 12.0. The molecule has 2 N–H and O–H groups in total. The first-order valence-corrected chi connectivity index (χ1v) is 8.80. The first-order chi connectivity index (χ1) is 12.1. The Morgan fingerprint density at radius 3 is 1.08 bits per heavy atom. The summed E-state index contributed by atoms with van der Waals surface area (Å²) < 4.78 is 32.1. The zero-order chi connectivity index (χ0) is 18.6. The van der Waals surface area contributed by atoms with Gasteiger partial charge in [0.25, 0.3) is 0 Å². The number of aliphatic hydroxyl groups is 2. The maximum atomic E-state index is 8.54. The van der Waals surface area contributed by atoms with Crippen LogP contribution in [-0.2, 0) is 28.4 Å². The molecule has 0 heterocycles. The van der Waals surface area contributed by atoms with Crippen molar-refractivity contribution in [1.29, 1.82) is 0 Å². The molecule has 0 unspecified atom stereocenters. The fourth-order valence-electron chi connectivity index (χ4n) is 1.75. The lowest BCUT2D eigenvalue weighted by Crippen LogP contribution is -2.27. The average Bonchev–Trinajstić information content (AvgIpc) is 2.59. The molecule has 0 aromatic carbocycles. The lowest BCUT2D eigenvalue weighted by molar-refractivity contribution is -0.0413. The Morgan fingerprint density at radius 2 is 0.760 bits per heavy atom. The van der Waals surface area contributed by atoms with Gasteiger partial charge in [-0.3, -0.25) is 0 Å². The van der Waals surface area contributed by atoms with Gasteiger partial charge in [0.2, 0.25) is 0 Å². The molecular formula is C17H36O8. The van der Waals surface area contributed by atoms with Gasteiger partial charge >= 0.3 is 0 Å². The third-order valence-corrected chi connectivity index (χ3v) is 2.94. The van der Waals surface area contributed by atoms with E-state index in [1.807, 2.05) is 0 Å². The van der Waals surface area contributed by atoms with Gasteiger partial charge in [-0.1, -0.05) is 13.8 Å². The molecule has 152 valence electrons. The smallest absolute Gasteiger partial charge is 0.0701 e. The standard InChI is InChI=1S/C17H36O8/c1-17(2,15-24-13-11-22-9-7-20-5-3-18)16-25-14-12-23-10-8-21-6-4-19/h18-19H,3-16H2,1-2H3. The molecule has 0 saturated heterocycles. The van der Waals surface area contributed by atoms with Gasteiger partial charge in [0.15, 0.2) is 0 Å². The third-order valence-electron chi connectivity index (χ3n) is 2.94. The number of hydrogen-bond donors (Lipinski definition) is 2. The van der Waals surface area contributed by atoms with Crippen molar-refractivity contribution in [1.82, 2.24) is 0 Å². The summed E-state index contributed by atoms with van der Waals surface area (Å²) >= 11 is 0. The molecule has 0 aromatic heterocycles. The van der Waals surface area contributed by atoms with Gasteiger partial charge in [0.1, 0.15) is 0 Å². The van der Waals surface area contributed by atoms with Gasteiger partial charge in [-0.15, -0.1) is 0 Å².